The van der Waals surface area contributed by atoms with E-state index in [1.165, 1.54) is 103 Å². The topological polar surface area (TPSA) is 0 Å². The van der Waals surface area contributed by atoms with Gasteiger partial charge in [-0.25, -0.2) is 0 Å². The first kappa shape index (κ1) is 21.6. The normalized spacial score (nSPS) is 29.5. The molecule has 2 rings (SSSR count). The van der Waals surface area contributed by atoms with Crippen molar-refractivity contribution in [2.24, 2.45) is 23.7 Å². The highest BCUT2D eigenvalue weighted by atomic mass is 14.2. The predicted molar refractivity (Wildman–Crippen MR) is 116 cm³/mol. The Morgan fingerprint density at radius 2 is 1.23 bits per heavy atom. The van der Waals surface area contributed by atoms with Gasteiger partial charge in [-0.05, 0) is 75.2 Å². The average Bonchev–Trinajstić information content (AvgIpc) is 2.68. The fourth-order valence-corrected chi connectivity index (χ4v) is 4.98. The summed E-state index contributed by atoms with van der Waals surface area (Å²) < 4.78 is 0. The molecule has 0 aromatic rings. The lowest BCUT2D eigenvalue weighted by atomic mass is 9.79. The molecule has 0 nitrogen and oxygen atoms in total. The van der Waals surface area contributed by atoms with Gasteiger partial charge < -0.3 is 0 Å². The molecular formula is C26H44. The van der Waals surface area contributed by atoms with E-state index >= 15 is 0 Å². The number of hydrogen-bond donors (Lipinski definition) is 0. The number of rotatable bonds is 9. The number of unbranched alkanes of at least 4 members (excludes halogenated alkanes) is 4. The van der Waals surface area contributed by atoms with Crippen LogP contribution in [0.15, 0.2) is 12.2 Å². The standard InChI is InChI=1S/C26H44/c1-3-5-7-11-23-15-19-25(20-16-23)13-9-10-14-26-21-17-24(18-22-26)12-8-6-4-2/h9,13,23-26H,3-8,11-12,15-22H2,1-2H3/b13-9+/t23-,24-,25-,26-. The Hall–Kier alpha value is -0.700. The van der Waals surface area contributed by atoms with Gasteiger partial charge in [0.2, 0.25) is 0 Å². The predicted octanol–water partition coefficient (Wildman–Crippen LogP) is 8.32. The number of allylic oxidation sites excluding steroid dienone is 2. The van der Waals surface area contributed by atoms with Crippen molar-refractivity contribution in [3.63, 3.8) is 0 Å². The molecule has 2 saturated carbocycles. The largest absolute Gasteiger partial charge is 0.0951 e. The molecule has 0 atom stereocenters. The third-order valence-corrected chi connectivity index (χ3v) is 6.91. The minimum absolute atomic E-state index is 0.677. The second kappa shape index (κ2) is 13.5. The van der Waals surface area contributed by atoms with E-state index in [1.807, 2.05) is 0 Å². The maximum absolute atomic E-state index is 3.56. The first-order valence-corrected chi connectivity index (χ1v) is 12.0. The molecule has 148 valence electrons. The molecule has 0 aliphatic heterocycles. The smallest absolute Gasteiger partial charge is 0.0206 e. The lowest BCUT2D eigenvalue weighted by molar-refractivity contribution is 0.289. The van der Waals surface area contributed by atoms with Gasteiger partial charge in [0.1, 0.15) is 0 Å². The zero-order valence-electron chi connectivity index (χ0n) is 17.8. The molecule has 0 radical (unpaired) electrons. The van der Waals surface area contributed by atoms with Crippen LogP contribution in [0.1, 0.15) is 117 Å². The summed E-state index contributed by atoms with van der Waals surface area (Å²) >= 11 is 0. The second-order valence-electron chi connectivity index (χ2n) is 9.14. The van der Waals surface area contributed by atoms with Crippen LogP contribution in [0, 0.1) is 35.5 Å². The molecular weight excluding hydrogens is 312 g/mol. The molecule has 0 heterocycles. The van der Waals surface area contributed by atoms with E-state index in [0.29, 0.717) is 5.92 Å². The van der Waals surface area contributed by atoms with Crippen LogP contribution in [0.3, 0.4) is 0 Å². The van der Waals surface area contributed by atoms with Crippen LogP contribution in [0.5, 0.6) is 0 Å². The maximum Gasteiger partial charge on any atom is 0.0206 e. The van der Waals surface area contributed by atoms with Gasteiger partial charge in [0.15, 0.2) is 0 Å². The van der Waals surface area contributed by atoms with Crippen LogP contribution in [-0.2, 0) is 0 Å². The van der Waals surface area contributed by atoms with Crippen LogP contribution in [0.4, 0.5) is 0 Å². The molecule has 26 heavy (non-hydrogen) atoms. The van der Waals surface area contributed by atoms with Gasteiger partial charge in [-0.3, -0.25) is 0 Å². The quantitative estimate of drug-likeness (QED) is 0.288. The zero-order valence-corrected chi connectivity index (χ0v) is 17.8. The highest BCUT2D eigenvalue weighted by Gasteiger charge is 2.20. The van der Waals surface area contributed by atoms with E-state index in [-0.39, 0.29) is 0 Å². The summed E-state index contributed by atoms with van der Waals surface area (Å²) in [6.45, 7) is 4.61. The average molecular weight is 357 g/mol. The molecule has 0 aromatic carbocycles. The fourth-order valence-electron chi connectivity index (χ4n) is 4.98. The molecule has 0 amide bonds. The number of hydrogen-bond acceptors (Lipinski definition) is 0. The maximum atomic E-state index is 3.56. The third-order valence-electron chi connectivity index (χ3n) is 6.91. The Balaban J connectivity index is 1.57. The lowest BCUT2D eigenvalue weighted by Crippen LogP contribution is -2.13. The van der Waals surface area contributed by atoms with E-state index in [1.54, 1.807) is 0 Å². The van der Waals surface area contributed by atoms with Crippen molar-refractivity contribution in [2.45, 2.75) is 117 Å². The van der Waals surface area contributed by atoms with Crippen LogP contribution in [0.2, 0.25) is 0 Å². The lowest BCUT2D eigenvalue weighted by Gasteiger charge is -2.26. The molecule has 2 fully saturated rings. The highest BCUT2D eigenvalue weighted by molar-refractivity contribution is 5.18. The van der Waals surface area contributed by atoms with E-state index in [4.69, 9.17) is 0 Å². The molecule has 2 aliphatic rings. The van der Waals surface area contributed by atoms with Gasteiger partial charge in [0.05, 0.1) is 0 Å². The summed E-state index contributed by atoms with van der Waals surface area (Å²) in [4.78, 5) is 0. The summed E-state index contributed by atoms with van der Waals surface area (Å²) in [5.41, 5.74) is 0. The highest BCUT2D eigenvalue weighted by Crippen LogP contribution is 2.33. The van der Waals surface area contributed by atoms with E-state index < -0.39 is 0 Å². The van der Waals surface area contributed by atoms with Crippen molar-refractivity contribution in [3.8, 4) is 11.8 Å². The summed E-state index contributed by atoms with van der Waals surface area (Å²) in [6.07, 6.45) is 27.3. The van der Waals surface area contributed by atoms with Crippen LogP contribution in [-0.4, -0.2) is 0 Å². The van der Waals surface area contributed by atoms with E-state index in [2.05, 4.69) is 37.8 Å². The van der Waals surface area contributed by atoms with Crippen LogP contribution < -0.4 is 0 Å². The van der Waals surface area contributed by atoms with Gasteiger partial charge in [-0.2, -0.15) is 0 Å². The van der Waals surface area contributed by atoms with Crippen molar-refractivity contribution >= 4 is 0 Å². The summed E-state index contributed by atoms with van der Waals surface area (Å²) in [6, 6.07) is 0. The van der Waals surface area contributed by atoms with Gasteiger partial charge >= 0.3 is 0 Å². The van der Waals surface area contributed by atoms with Crippen molar-refractivity contribution in [2.75, 3.05) is 0 Å². The van der Waals surface area contributed by atoms with Crippen LogP contribution in [0.25, 0.3) is 0 Å². The van der Waals surface area contributed by atoms with Crippen molar-refractivity contribution in [1.82, 2.24) is 0 Å². The van der Waals surface area contributed by atoms with Gasteiger partial charge in [-0.1, -0.05) is 83.1 Å². The molecule has 0 N–H and O–H groups in total. The SMILES string of the molecule is CCCCC[C@H]1CC[C@H](C#C/C=C/[C@H]2CC[C@H](CCCCC)CC2)CC1. The Morgan fingerprint density at radius 3 is 1.77 bits per heavy atom. The molecule has 0 unspecified atom stereocenters. The van der Waals surface area contributed by atoms with Crippen molar-refractivity contribution in [1.29, 1.82) is 0 Å². The van der Waals surface area contributed by atoms with E-state index in [9.17, 15) is 0 Å². The molecule has 2 aliphatic carbocycles. The van der Waals surface area contributed by atoms with Gasteiger partial charge in [-0.15, -0.1) is 0 Å². The molecule has 0 aromatic heterocycles. The Kier molecular flexibility index (Phi) is 11.2. The van der Waals surface area contributed by atoms with E-state index in [0.717, 1.165) is 17.8 Å². The minimum atomic E-state index is 0.677. The second-order valence-corrected chi connectivity index (χ2v) is 9.14. The third kappa shape index (κ3) is 8.79. The van der Waals surface area contributed by atoms with Gasteiger partial charge in [0.25, 0.3) is 0 Å². The Morgan fingerprint density at radius 1 is 0.692 bits per heavy atom. The summed E-state index contributed by atoms with van der Waals surface area (Å²) in [5, 5.41) is 0. The molecule has 0 saturated heterocycles. The summed E-state index contributed by atoms with van der Waals surface area (Å²) in [5.74, 6) is 10.5. The van der Waals surface area contributed by atoms with Gasteiger partial charge in [0, 0.05) is 5.92 Å². The Labute approximate surface area is 164 Å². The zero-order chi connectivity index (χ0) is 18.5. The fraction of sp³-hybridized carbons (Fsp3) is 0.846. The monoisotopic (exact) mass is 356 g/mol. The Bertz CT molecular complexity index is 419. The first-order chi connectivity index (χ1) is 12.8. The van der Waals surface area contributed by atoms with Crippen LogP contribution >= 0.6 is 0 Å². The molecule has 0 spiro atoms. The molecule has 0 bridgehead atoms. The molecule has 0 heteroatoms. The van der Waals surface area contributed by atoms with Crippen molar-refractivity contribution in [3.05, 3.63) is 12.2 Å². The minimum Gasteiger partial charge on any atom is -0.0951 e. The summed E-state index contributed by atoms with van der Waals surface area (Å²) in [7, 11) is 0. The first-order valence-electron chi connectivity index (χ1n) is 12.0. The van der Waals surface area contributed by atoms with Crippen molar-refractivity contribution < 1.29 is 0 Å².